The van der Waals surface area contributed by atoms with Crippen LogP contribution < -0.4 is 10.3 Å². The zero-order valence-corrected chi connectivity index (χ0v) is 16.3. The lowest BCUT2D eigenvalue weighted by atomic mass is 9.92. The van der Waals surface area contributed by atoms with Crippen molar-refractivity contribution in [3.05, 3.63) is 93.9 Å². The topological polar surface area (TPSA) is 68.2 Å². The fourth-order valence-electron chi connectivity index (χ4n) is 3.56. The molecule has 0 spiro atoms. The van der Waals surface area contributed by atoms with Crippen molar-refractivity contribution in [1.29, 1.82) is 0 Å². The van der Waals surface area contributed by atoms with Gasteiger partial charge in [0, 0.05) is 18.0 Å². The average molecular weight is 394 g/mol. The molecule has 0 saturated heterocycles. The first kappa shape index (κ1) is 18.5. The monoisotopic (exact) mass is 394 g/mol. The second-order valence-electron chi connectivity index (χ2n) is 7.11. The molecule has 4 rings (SSSR count). The Morgan fingerprint density at radius 1 is 0.893 bits per heavy atom. The highest BCUT2D eigenvalue weighted by molar-refractivity contribution is 7.92. The van der Waals surface area contributed by atoms with E-state index in [1.165, 1.54) is 18.1 Å². The van der Waals surface area contributed by atoms with Gasteiger partial charge in [-0.25, -0.2) is 8.42 Å². The van der Waals surface area contributed by atoms with E-state index in [0.29, 0.717) is 17.1 Å². The predicted molar refractivity (Wildman–Crippen MR) is 110 cm³/mol. The Hall–Kier alpha value is -2.86. The second kappa shape index (κ2) is 7.64. The van der Waals surface area contributed by atoms with Gasteiger partial charge in [0.2, 0.25) is 0 Å². The highest BCUT2D eigenvalue weighted by Gasteiger charge is 2.17. The molecule has 1 N–H and O–H groups in total. The first-order valence-corrected chi connectivity index (χ1v) is 10.9. The molecule has 0 unspecified atom stereocenters. The summed E-state index contributed by atoms with van der Waals surface area (Å²) in [6.07, 6.45) is 5.96. The van der Waals surface area contributed by atoms with Gasteiger partial charge in [-0.05, 0) is 72.7 Å². The van der Waals surface area contributed by atoms with Crippen molar-refractivity contribution in [3.8, 4) is 0 Å². The number of pyridine rings is 1. The van der Waals surface area contributed by atoms with E-state index in [-0.39, 0.29) is 5.56 Å². The normalized spacial score (nSPS) is 13.7. The van der Waals surface area contributed by atoms with Gasteiger partial charge in [0.05, 0.1) is 11.4 Å². The number of rotatable bonds is 5. The van der Waals surface area contributed by atoms with Gasteiger partial charge >= 0.3 is 0 Å². The molecule has 2 aromatic carbocycles. The van der Waals surface area contributed by atoms with E-state index in [0.717, 1.165) is 30.4 Å². The number of fused-ring (bicyclic) bond motifs is 1. The number of hydrogen-bond acceptors (Lipinski definition) is 3. The zero-order chi connectivity index (χ0) is 19.6. The predicted octanol–water partition coefficient (Wildman–Crippen LogP) is 3.58. The molecule has 5 nitrogen and oxygen atoms in total. The summed E-state index contributed by atoms with van der Waals surface area (Å²) in [6, 6.07) is 17.5. The third-order valence-electron chi connectivity index (χ3n) is 5.09. The largest absolute Gasteiger partial charge is 0.311 e. The minimum atomic E-state index is -3.63. The van der Waals surface area contributed by atoms with Crippen molar-refractivity contribution in [2.45, 2.75) is 37.1 Å². The summed E-state index contributed by atoms with van der Waals surface area (Å²) < 4.78 is 29.8. The molecular weight excluding hydrogens is 372 g/mol. The second-order valence-corrected chi connectivity index (χ2v) is 8.79. The van der Waals surface area contributed by atoms with Crippen LogP contribution in [0.15, 0.2) is 76.6 Å². The Bertz CT molecular complexity index is 1150. The summed E-state index contributed by atoms with van der Waals surface area (Å²) in [5.74, 6) is 0. The number of aromatic nitrogens is 1. The Morgan fingerprint density at radius 3 is 2.39 bits per heavy atom. The van der Waals surface area contributed by atoms with E-state index in [2.05, 4.69) is 4.72 Å². The van der Waals surface area contributed by atoms with Crippen LogP contribution in [-0.2, 0) is 29.4 Å². The van der Waals surface area contributed by atoms with Crippen molar-refractivity contribution >= 4 is 15.7 Å². The van der Waals surface area contributed by atoms with E-state index in [9.17, 15) is 13.2 Å². The Kier molecular flexibility index (Phi) is 5.05. The van der Waals surface area contributed by atoms with Crippen LogP contribution in [0.2, 0.25) is 0 Å². The van der Waals surface area contributed by atoms with E-state index in [1.807, 2.05) is 24.3 Å². The molecule has 1 aliphatic carbocycles. The number of nitrogens with zero attached hydrogens (tertiary/aromatic N) is 1. The SMILES string of the molecule is O=c1ccccn1Cc1ccc(NS(=O)(=O)c2ccc3c(c2)CCCC3)cc1. The molecule has 1 heterocycles. The molecule has 0 fully saturated rings. The number of aryl methyl sites for hydroxylation is 2. The van der Waals surface area contributed by atoms with Gasteiger partial charge in [0.1, 0.15) is 0 Å². The molecule has 0 amide bonds. The number of benzene rings is 2. The van der Waals surface area contributed by atoms with E-state index in [1.54, 1.807) is 41.1 Å². The molecule has 1 aromatic heterocycles. The summed E-state index contributed by atoms with van der Waals surface area (Å²) in [5, 5.41) is 0. The van der Waals surface area contributed by atoms with Gasteiger partial charge in [-0.2, -0.15) is 0 Å². The summed E-state index contributed by atoms with van der Waals surface area (Å²) in [7, 11) is -3.63. The summed E-state index contributed by atoms with van der Waals surface area (Å²) in [5.41, 5.74) is 3.75. The lowest BCUT2D eigenvalue weighted by Gasteiger charge is -2.17. The maximum atomic E-state index is 12.8. The fraction of sp³-hybridized carbons (Fsp3) is 0.227. The standard InChI is InChI=1S/C22H22N2O3S/c25-22-7-3-4-14-24(22)16-17-8-11-20(12-9-17)23-28(26,27)21-13-10-18-5-1-2-6-19(18)15-21/h3-4,7-15,23H,1-2,5-6,16H2. The maximum Gasteiger partial charge on any atom is 0.261 e. The van der Waals surface area contributed by atoms with Crippen LogP contribution in [0.25, 0.3) is 0 Å². The number of nitrogens with one attached hydrogen (secondary N) is 1. The highest BCUT2D eigenvalue weighted by atomic mass is 32.2. The number of anilines is 1. The van der Waals surface area contributed by atoms with Gasteiger partial charge in [0.25, 0.3) is 15.6 Å². The third-order valence-corrected chi connectivity index (χ3v) is 6.47. The molecule has 1 aliphatic rings. The van der Waals surface area contributed by atoms with Crippen LogP contribution in [-0.4, -0.2) is 13.0 Å². The third kappa shape index (κ3) is 4.02. The van der Waals surface area contributed by atoms with E-state index < -0.39 is 10.0 Å². The molecular formula is C22H22N2O3S. The first-order chi connectivity index (χ1) is 13.5. The number of hydrogen-bond donors (Lipinski definition) is 1. The molecule has 3 aromatic rings. The molecule has 0 atom stereocenters. The van der Waals surface area contributed by atoms with Gasteiger partial charge < -0.3 is 4.57 Å². The summed E-state index contributed by atoms with van der Waals surface area (Å²) in [4.78, 5) is 12.1. The van der Waals surface area contributed by atoms with Gasteiger partial charge in [0.15, 0.2) is 0 Å². The molecule has 0 bridgehead atoms. The molecule has 6 heteroatoms. The molecule has 0 aliphatic heterocycles. The Balaban J connectivity index is 1.50. The first-order valence-electron chi connectivity index (χ1n) is 9.40. The maximum absolute atomic E-state index is 12.8. The fourth-order valence-corrected chi connectivity index (χ4v) is 4.67. The van der Waals surface area contributed by atoms with Gasteiger partial charge in [-0.3, -0.25) is 9.52 Å². The van der Waals surface area contributed by atoms with Crippen molar-refractivity contribution < 1.29 is 8.42 Å². The Morgan fingerprint density at radius 2 is 1.64 bits per heavy atom. The highest BCUT2D eigenvalue weighted by Crippen LogP contribution is 2.25. The minimum Gasteiger partial charge on any atom is -0.311 e. The van der Waals surface area contributed by atoms with Crippen LogP contribution in [0.3, 0.4) is 0 Å². The molecule has 0 saturated carbocycles. The average Bonchev–Trinajstić information content (AvgIpc) is 2.70. The smallest absolute Gasteiger partial charge is 0.261 e. The Labute approximate surface area is 164 Å². The molecule has 144 valence electrons. The number of sulfonamides is 1. The van der Waals surface area contributed by atoms with Crippen LogP contribution in [0.5, 0.6) is 0 Å². The van der Waals surface area contributed by atoms with Gasteiger partial charge in [-0.1, -0.05) is 24.3 Å². The van der Waals surface area contributed by atoms with Crippen molar-refractivity contribution in [3.63, 3.8) is 0 Å². The van der Waals surface area contributed by atoms with Crippen molar-refractivity contribution in [2.24, 2.45) is 0 Å². The van der Waals surface area contributed by atoms with Crippen LogP contribution >= 0.6 is 0 Å². The van der Waals surface area contributed by atoms with Crippen molar-refractivity contribution in [1.82, 2.24) is 4.57 Å². The summed E-state index contributed by atoms with van der Waals surface area (Å²) >= 11 is 0. The molecule has 0 radical (unpaired) electrons. The van der Waals surface area contributed by atoms with Crippen LogP contribution in [0, 0.1) is 0 Å². The zero-order valence-electron chi connectivity index (χ0n) is 15.5. The quantitative estimate of drug-likeness (QED) is 0.719. The molecule has 28 heavy (non-hydrogen) atoms. The van der Waals surface area contributed by atoms with Crippen LogP contribution in [0.1, 0.15) is 29.5 Å². The van der Waals surface area contributed by atoms with Gasteiger partial charge in [-0.15, -0.1) is 0 Å². The summed E-state index contributed by atoms with van der Waals surface area (Å²) in [6.45, 7) is 0.442. The van der Waals surface area contributed by atoms with Crippen molar-refractivity contribution in [2.75, 3.05) is 4.72 Å². The van der Waals surface area contributed by atoms with E-state index in [4.69, 9.17) is 0 Å². The van der Waals surface area contributed by atoms with Crippen LogP contribution in [0.4, 0.5) is 5.69 Å². The lowest BCUT2D eigenvalue weighted by molar-refractivity contribution is 0.600. The lowest BCUT2D eigenvalue weighted by Crippen LogP contribution is -2.18. The minimum absolute atomic E-state index is 0.0697. The van der Waals surface area contributed by atoms with E-state index >= 15 is 0 Å².